The Morgan fingerprint density at radius 2 is 1.16 bits per heavy atom. The molecule has 0 aromatic heterocycles. The van der Waals surface area contributed by atoms with Crippen LogP contribution in [0.1, 0.15) is 181 Å². The van der Waals surface area contributed by atoms with E-state index in [1.54, 1.807) is 0 Å². The number of unbranched alkanes of at least 4 members (excludes halogenated alkanes) is 21. The summed E-state index contributed by atoms with van der Waals surface area (Å²) in [5.74, 6) is -0.172. The molecule has 0 heterocycles. The normalized spacial score (nSPS) is 14.5. The SMILES string of the molecule is CCCCCC/C=C\CCCCCCCC(=O)NC(COP(=O)(O)OCCN)C(O)CCCCCCCCCCCCCCC. The number of allylic oxidation sites excluding steroid dienone is 2. The van der Waals surface area contributed by atoms with E-state index in [4.69, 9.17) is 14.8 Å². The van der Waals surface area contributed by atoms with Crippen molar-refractivity contribution in [2.24, 2.45) is 5.73 Å². The molecule has 0 saturated carbocycles. The lowest BCUT2D eigenvalue weighted by Gasteiger charge is -2.25. The van der Waals surface area contributed by atoms with Crippen LogP contribution in [0.4, 0.5) is 0 Å². The molecular weight excluding hydrogens is 587 g/mol. The van der Waals surface area contributed by atoms with E-state index < -0.39 is 20.0 Å². The maximum atomic E-state index is 12.7. The van der Waals surface area contributed by atoms with E-state index in [9.17, 15) is 19.4 Å². The van der Waals surface area contributed by atoms with Crippen molar-refractivity contribution in [3.8, 4) is 0 Å². The zero-order chi connectivity index (χ0) is 33.3. The molecule has 3 unspecified atom stereocenters. The van der Waals surface area contributed by atoms with Gasteiger partial charge in [0, 0.05) is 13.0 Å². The molecule has 0 fully saturated rings. The Morgan fingerprint density at radius 1 is 0.711 bits per heavy atom. The van der Waals surface area contributed by atoms with Gasteiger partial charge in [-0.25, -0.2) is 4.57 Å². The lowest BCUT2D eigenvalue weighted by molar-refractivity contribution is -0.123. The van der Waals surface area contributed by atoms with Gasteiger partial charge in [-0.1, -0.05) is 148 Å². The fraction of sp³-hybridized carbons (Fsp3) is 0.917. The van der Waals surface area contributed by atoms with Gasteiger partial charge in [0.2, 0.25) is 5.91 Å². The number of nitrogens with one attached hydrogen (secondary N) is 1. The number of phosphoric ester groups is 1. The number of amides is 1. The van der Waals surface area contributed by atoms with E-state index in [-0.39, 0.29) is 25.7 Å². The Kier molecular flexibility index (Phi) is 32.6. The van der Waals surface area contributed by atoms with Gasteiger partial charge < -0.3 is 21.1 Å². The number of hydrogen-bond acceptors (Lipinski definition) is 6. The van der Waals surface area contributed by atoms with Crippen LogP contribution in [-0.2, 0) is 18.4 Å². The molecule has 0 aromatic carbocycles. The fourth-order valence-electron chi connectivity index (χ4n) is 5.48. The second-order valence-electron chi connectivity index (χ2n) is 12.8. The van der Waals surface area contributed by atoms with Crippen LogP contribution in [0.5, 0.6) is 0 Å². The van der Waals surface area contributed by atoms with Crippen LogP contribution in [-0.4, -0.2) is 47.8 Å². The summed E-state index contributed by atoms with van der Waals surface area (Å²) in [6.07, 6.45) is 33.5. The highest BCUT2D eigenvalue weighted by atomic mass is 31.2. The first kappa shape index (κ1) is 44.2. The summed E-state index contributed by atoms with van der Waals surface area (Å²) in [6.45, 7) is 4.17. The third kappa shape index (κ3) is 31.6. The smallest absolute Gasteiger partial charge is 0.391 e. The summed E-state index contributed by atoms with van der Waals surface area (Å²) >= 11 is 0. The third-order valence-corrected chi connectivity index (χ3v) is 9.35. The van der Waals surface area contributed by atoms with Gasteiger partial charge in [0.05, 0.1) is 25.4 Å². The number of carbonyl (C=O) groups excluding carboxylic acids is 1. The van der Waals surface area contributed by atoms with Crippen molar-refractivity contribution in [2.45, 2.75) is 193 Å². The lowest BCUT2D eigenvalue weighted by atomic mass is 10.0. The standard InChI is InChI=1S/C36H73N2O6P/c1-3-5-7-9-11-13-15-17-19-21-23-25-27-29-35(39)34(33-44-45(41,42)43-32-31-37)38-36(40)30-28-26-24-22-20-18-16-14-12-10-8-6-4-2/h14,16,34-35,39H,3-13,15,17-33,37H2,1-2H3,(H,38,40)(H,41,42)/b16-14-. The molecule has 0 aliphatic carbocycles. The van der Waals surface area contributed by atoms with Crippen LogP contribution in [0.15, 0.2) is 12.2 Å². The fourth-order valence-corrected chi connectivity index (χ4v) is 6.24. The minimum Gasteiger partial charge on any atom is -0.391 e. The van der Waals surface area contributed by atoms with Gasteiger partial charge in [0.1, 0.15) is 0 Å². The number of nitrogens with two attached hydrogens (primary N) is 1. The van der Waals surface area contributed by atoms with Gasteiger partial charge in [-0.15, -0.1) is 0 Å². The number of hydrogen-bond donors (Lipinski definition) is 4. The van der Waals surface area contributed by atoms with Crippen molar-refractivity contribution in [3.63, 3.8) is 0 Å². The van der Waals surface area contributed by atoms with Crippen LogP contribution in [0, 0.1) is 0 Å². The van der Waals surface area contributed by atoms with Crippen molar-refractivity contribution in [1.29, 1.82) is 0 Å². The molecule has 0 rings (SSSR count). The first-order chi connectivity index (χ1) is 21.9. The monoisotopic (exact) mass is 661 g/mol. The highest BCUT2D eigenvalue weighted by Gasteiger charge is 2.27. The molecule has 268 valence electrons. The molecule has 0 aliphatic rings. The molecule has 5 N–H and O–H groups in total. The van der Waals surface area contributed by atoms with Crippen molar-refractivity contribution in [1.82, 2.24) is 5.32 Å². The highest BCUT2D eigenvalue weighted by Crippen LogP contribution is 2.43. The highest BCUT2D eigenvalue weighted by molar-refractivity contribution is 7.47. The second-order valence-corrected chi connectivity index (χ2v) is 14.2. The van der Waals surface area contributed by atoms with E-state index in [1.165, 1.54) is 103 Å². The molecule has 8 nitrogen and oxygen atoms in total. The summed E-state index contributed by atoms with van der Waals surface area (Å²) < 4.78 is 22.1. The minimum atomic E-state index is -4.30. The third-order valence-electron chi connectivity index (χ3n) is 8.37. The first-order valence-corrected chi connectivity index (χ1v) is 20.3. The topological polar surface area (TPSA) is 131 Å². The number of phosphoric acid groups is 1. The number of aliphatic hydroxyl groups excluding tert-OH is 1. The molecular formula is C36H73N2O6P. The Bertz CT molecular complexity index is 724. The van der Waals surface area contributed by atoms with Crippen molar-refractivity contribution in [3.05, 3.63) is 12.2 Å². The molecule has 45 heavy (non-hydrogen) atoms. The van der Waals surface area contributed by atoms with E-state index >= 15 is 0 Å². The molecule has 0 saturated heterocycles. The lowest BCUT2D eigenvalue weighted by Crippen LogP contribution is -2.46. The Hall–Kier alpha value is -0.760. The number of carbonyl (C=O) groups is 1. The van der Waals surface area contributed by atoms with Gasteiger partial charge >= 0.3 is 7.82 Å². The van der Waals surface area contributed by atoms with Gasteiger partial charge in [-0.05, 0) is 38.5 Å². The largest absolute Gasteiger partial charge is 0.472 e. The van der Waals surface area contributed by atoms with E-state index in [1.807, 2.05) is 0 Å². The summed E-state index contributed by atoms with van der Waals surface area (Å²) in [4.78, 5) is 22.6. The van der Waals surface area contributed by atoms with E-state index in [2.05, 4.69) is 31.3 Å². The molecule has 0 aromatic rings. The zero-order valence-corrected chi connectivity index (χ0v) is 30.3. The van der Waals surface area contributed by atoms with Crippen LogP contribution in [0.2, 0.25) is 0 Å². The second kappa shape index (κ2) is 33.2. The van der Waals surface area contributed by atoms with Crippen molar-refractivity contribution >= 4 is 13.7 Å². The maximum absolute atomic E-state index is 12.7. The number of rotatable bonds is 35. The predicted octanol–water partition coefficient (Wildman–Crippen LogP) is 9.66. The molecule has 0 aliphatic heterocycles. The predicted molar refractivity (Wildman–Crippen MR) is 189 cm³/mol. The van der Waals surface area contributed by atoms with E-state index in [0.29, 0.717) is 12.8 Å². The first-order valence-electron chi connectivity index (χ1n) is 18.8. The summed E-state index contributed by atoms with van der Waals surface area (Å²) in [5.41, 5.74) is 5.36. The van der Waals surface area contributed by atoms with Gasteiger partial charge in [0.15, 0.2) is 0 Å². The van der Waals surface area contributed by atoms with Gasteiger partial charge in [-0.2, -0.15) is 0 Å². The van der Waals surface area contributed by atoms with Crippen LogP contribution < -0.4 is 11.1 Å². The average Bonchev–Trinajstić information content (AvgIpc) is 3.02. The Balaban J connectivity index is 4.27. The number of aliphatic hydroxyl groups is 1. The summed E-state index contributed by atoms with van der Waals surface area (Å²) in [6, 6.07) is -0.773. The summed E-state index contributed by atoms with van der Waals surface area (Å²) in [7, 11) is -4.30. The maximum Gasteiger partial charge on any atom is 0.472 e. The van der Waals surface area contributed by atoms with Gasteiger partial charge in [-0.3, -0.25) is 13.8 Å². The average molecular weight is 661 g/mol. The van der Waals surface area contributed by atoms with Crippen LogP contribution in [0.3, 0.4) is 0 Å². The van der Waals surface area contributed by atoms with Crippen LogP contribution in [0.25, 0.3) is 0 Å². The molecule has 0 radical (unpaired) electrons. The van der Waals surface area contributed by atoms with Crippen molar-refractivity contribution < 1.29 is 28.4 Å². The van der Waals surface area contributed by atoms with Crippen molar-refractivity contribution in [2.75, 3.05) is 19.8 Å². The molecule has 1 amide bonds. The molecule has 0 bridgehead atoms. The van der Waals surface area contributed by atoms with E-state index in [0.717, 1.165) is 51.4 Å². The molecule has 9 heteroatoms. The Labute approximate surface area is 277 Å². The quantitative estimate of drug-likeness (QED) is 0.0302. The molecule has 0 spiro atoms. The van der Waals surface area contributed by atoms with Crippen LogP contribution >= 0.6 is 7.82 Å². The Morgan fingerprint density at radius 3 is 1.67 bits per heavy atom. The summed E-state index contributed by atoms with van der Waals surface area (Å²) in [5, 5.41) is 13.7. The molecule has 3 atom stereocenters. The van der Waals surface area contributed by atoms with Gasteiger partial charge in [0.25, 0.3) is 0 Å². The minimum absolute atomic E-state index is 0.0889. The zero-order valence-electron chi connectivity index (χ0n) is 29.4.